The summed E-state index contributed by atoms with van der Waals surface area (Å²) in [5.74, 6) is 0.146. The van der Waals surface area contributed by atoms with Gasteiger partial charge in [0, 0.05) is 0 Å². The Kier molecular flexibility index (Phi) is 5.28. The van der Waals surface area contributed by atoms with Gasteiger partial charge in [-0.15, -0.1) is 0 Å². The molecular formula is C6H10AsNO4. The van der Waals surface area contributed by atoms with Gasteiger partial charge in [0.25, 0.3) is 0 Å². The first-order valence-corrected chi connectivity index (χ1v) is 5.72. The minimum atomic E-state index is -3.58. The first-order valence-electron chi connectivity index (χ1n) is 2.99. The molecule has 0 saturated carbocycles. The number of hydrogen-bond donors (Lipinski definition) is 4. The van der Waals surface area contributed by atoms with Gasteiger partial charge in [-0.05, 0) is 12.1 Å². The van der Waals surface area contributed by atoms with Crippen molar-refractivity contribution in [3.8, 4) is 5.75 Å². The Bertz CT molecular complexity index is 240. The Morgan fingerprint density at radius 1 is 1.25 bits per heavy atom. The quantitative estimate of drug-likeness (QED) is 0.265. The number of benzene rings is 1. The van der Waals surface area contributed by atoms with Gasteiger partial charge in [0.05, 0.1) is 5.69 Å². The summed E-state index contributed by atoms with van der Waals surface area (Å²) >= 11 is -3.58. The van der Waals surface area contributed by atoms with Crippen molar-refractivity contribution in [1.82, 2.24) is 0 Å². The van der Waals surface area contributed by atoms with Crippen molar-refractivity contribution in [2.75, 3.05) is 5.73 Å². The SMILES string of the molecule is Nc1ccccc1O.O=[AsH](O)O. The molecule has 0 aromatic heterocycles. The van der Waals surface area contributed by atoms with Crippen LogP contribution in [0.15, 0.2) is 24.3 Å². The topological polar surface area (TPSA) is 104 Å². The average molecular weight is 235 g/mol. The van der Waals surface area contributed by atoms with Crippen LogP contribution in [0.25, 0.3) is 0 Å². The van der Waals surface area contributed by atoms with Crippen LogP contribution < -0.4 is 5.73 Å². The Hall–Kier alpha value is -0.902. The van der Waals surface area contributed by atoms with Crippen molar-refractivity contribution in [1.29, 1.82) is 0 Å². The van der Waals surface area contributed by atoms with Gasteiger partial charge in [-0.25, -0.2) is 0 Å². The van der Waals surface area contributed by atoms with E-state index in [9.17, 15) is 0 Å². The molecule has 0 radical (unpaired) electrons. The predicted molar refractivity (Wildman–Crippen MR) is 44.8 cm³/mol. The monoisotopic (exact) mass is 235 g/mol. The van der Waals surface area contributed by atoms with E-state index >= 15 is 0 Å². The van der Waals surface area contributed by atoms with Crippen LogP contribution in [0.1, 0.15) is 0 Å². The molecule has 0 saturated heterocycles. The third-order valence-corrected chi connectivity index (χ3v) is 0.937. The van der Waals surface area contributed by atoms with E-state index in [1.165, 1.54) is 0 Å². The van der Waals surface area contributed by atoms with E-state index in [1.807, 2.05) is 0 Å². The van der Waals surface area contributed by atoms with Gasteiger partial charge in [0.15, 0.2) is 0 Å². The molecule has 0 atom stereocenters. The van der Waals surface area contributed by atoms with E-state index in [0.717, 1.165) is 0 Å². The minimum absolute atomic E-state index is 0.146. The van der Waals surface area contributed by atoms with Crippen LogP contribution >= 0.6 is 0 Å². The van der Waals surface area contributed by atoms with Gasteiger partial charge in [0.1, 0.15) is 5.75 Å². The number of rotatable bonds is 0. The first-order chi connectivity index (χ1) is 5.54. The first kappa shape index (κ1) is 11.1. The number of para-hydroxylation sites is 2. The van der Waals surface area contributed by atoms with E-state index < -0.39 is 15.3 Å². The summed E-state index contributed by atoms with van der Waals surface area (Å²) in [7, 11) is 0. The molecular weight excluding hydrogens is 225 g/mol. The molecule has 68 valence electrons. The van der Waals surface area contributed by atoms with Crippen LogP contribution in [0.5, 0.6) is 5.75 Å². The zero-order chi connectivity index (χ0) is 9.56. The van der Waals surface area contributed by atoms with Gasteiger partial charge in [-0.1, -0.05) is 12.1 Å². The van der Waals surface area contributed by atoms with Crippen LogP contribution in [0.4, 0.5) is 5.69 Å². The fourth-order valence-electron chi connectivity index (χ4n) is 0.488. The van der Waals surface area contributed by atoms with Gasteiger partial charge in [-0.2, -0.15) is 0 Å². The van der Waals surface area contributed by atoms with Crippen molar-refractivity contribution in [3.05, 3.63) is 24.3 Å². The molecule has 0 aliphatic carbocycles. The fourth-order valence-corrected chi connectivity index (χ4v) is 0.488. The summed E-state index contributed by atoms with van der Waals surface area (Å²) in [5, 5.41) is 8.79. The zero-order valence-corrected chi connectivity index (χ0v) is 8.23. The summed E-state index contributed by atoms with van der Waals surface area (Å²) in [4.78, 5) is 0. The molecule has 1 aromatic carbocycles. The molecule has 0 amide bonds. The van der Waals surface area contributed by atoms with E-state index in [0.29, 0.717) is 5.69 Å². The van der Waals surface area contributed by atoms with Crippen molar-refractivity contribution in [2.24, 2.45) is 0 Å². The summed E-state index contributed by atoms with van der Waals surface area (Å²) in [6, 6.07) is 6.70. The third kappa shape index (κ3) is 5.85. The maximum atomic E-state index is 8.81. The van der Waals surface area contributed by atoms with Crippen LogP contribution in [0.3, 0.4) is 0 Å². The number of anilines is 1. The number of aromatic hydroxyl groups is 1. The molecule has 0 fully saturated rings. The van der Waals surface area contributed by atoms with Gasteiger partial charge in [0.2, 0.25) is 0 Å². The average Bonchev–Trinajstić information content (AvgIpc) is 1.94. The van der Waals surface area contributed by atoms with Gasteiger partial charge >= 0.3 is 27.2 Å². The second-order valence-electron chi connectivity index (χ2n) is 1.84. The molecule has 5 nitrogen and oxygen atoms in total. The molecule has 1 rings (SSSR count). The second-order valence-corrected chi connectivity index (χ2v) is 3.03. The molecule has 12 heavy (non-hydrogen) atoms. The van der Waals surface area contributed by atoms with Crippen molar-refractivity contribution >= 4 is 21.0 Å². The normalized spacial score (nSPS) is 8.92. The summed E-state index contributed by atoms with van der Waals surface area (Å²) in [6.45, 7) is 0. The molecule has 0 bridgehead atoms. The van der Waals surface area contributed by atoms with E-state index in [1.54, 1.807) is 24.3 Å². The van der Waals surface area contributed by atoms with Crippen LogP contribution in [0.2, 0.25) is 0 Å². The Morgan fingerprint density at radius 2 is 1.67 bits per heavy atom. The van der Waals surface area contributed by atoms with Crippen LogP contribution in [0, 0.1) is 0 Å². The molecule has 1 aromatic rings. The predicted octanol–water partition coefficient (Wildman–Crippen LogP) is -0.907. The number of phenolic OH excluding ortho intramolecular Hbond substituents is 1. The summed E-state index contributed by atoms with van der Waals surface area (Å²) in [6.07, 6.45) is 0. The van der Waals surface area contributed by atoms with E-state index in [2.05, 4.69) is 0 Å². The molecule has 5 N–H and O–H groups in total. The molecule has 6 heteroatoms. The molecule has 0 spiro atoms. The van der Waals surface area contributed by atoms with Gasteiger partial charge in [-0.3, -0.25) is 0 Å². The zero-order valence-electron chi connectivity index (χ0n) is 6.14. The number of nitrogens with two attached hydrogens (primary N) is 1. The maximum absolute atomic E-state index is 8.81. The number of nitrogen functional groups attached to an aromatic ring is 1. The van der Waals surface area contributed by atoms with E-state index in [-0.39, 0.29) is 5.75 Å². The Morgan fingerprint density at radius 3 is 1.92 bits per heavy atom. The molecule has 0 aliphatic heterocycles. The van der Waals surface area contributed by atoms with Crippen molar-refractivity contribution in [2.45, 2.75) is 0 Å². The number of hydrogen-bond acceptors (Lipinski definition) is 3. The third-order valence-electron chi connectivity index (χ3n) is 0.937. The van der Waals surface area contributed by atoms with Crippen molar-refractivity contribution in [3.63, 3.8) is 0 Å². The van der Waals surface area contributed by atoms with E-state index in [4.69, 9.17) is 22.8 Å². The Balaban J connectivity index is 0.000000261. The summed E-state index contributed by atoms with van der Waals surface area (Å²) in [5.41, 5.74) is 5.69. The van der Waals surface area contributed by atoms with Crippen LogP contribution in [-0.4, -0.2) is 28.6 Å². The van der Waals surface area contributed by atoms with Crippen molar-refractivity contribution < 1.29 is 17.0 Å². The Labute approximate surface area is 74.3 Å². The standard InChI is InChI=1S/C6H7NO.AsH3O3/c7-5-3-1-2-4-6(5)8;2-1(3)4/h1-4,8H,7H2;1H,(H2,2,3,4). The molecule has 0 aliphatic rings. The van der Waals surface area contributed by atoms with Gasteiger partial charge < -0.3 is 10.8 Å². The molecule has 0 heterocycles. The second kappa shape index (κ2) is 5.71. The fraction of sp³-hybridized carbons (Fsp3) is 0. The van der Waals surface area contributed by atoms with Crippen LogP contribution in [-0.2, 0) is 3.74 Å². The number of phenols is 1. The molecule has 0 unspecified atom stereocenters. The summed E-state index contributed by atoms with van der Waals surface area (Å²) < 4.78 is 23.2.